The van der Waals surface area contributed by atoms with Crippen LogP contribution in [-0.2, 0) is 11.3 Å². The van der Waals surface area contributed by atoms with Crippen LogP contribution in [0.25, 0.3) is 6.08 Å². The Morgan fingerprint density at radius 2 is 1.81 bits per heavy atom. The number of methoxy groups -OCH3 is 1. The zero-order valence-electron chi connectivity index (χ0n) is 11.7. The minimum absolute atomic E-state index is 0.117. The molecule has 2 aromatic rings. The van der Waals surface area contributed by atoms with E-state index in [0.717, 1.165) is 21.3 Å². The maximum Gasteiger partial charge on any atom is 0.244 e. The molecule has 1 amide bonds. The summed E-state index contributed by atoms with van der Waals surface area (Å²) in [6.07, 6.45) is 3.32. The second-order valence-corrected chi connectivity index (χ2v) is 5.37. The molecule has 21 heavy (non-hydrogen) atoms. The molecule has 0 fully saturated rings. The first kappa shape index (κ1) is 15.3. The number of ether oxygens (including phenoxy) is 1. The Morgan fingerprint density at radius 3 is 2.43 bits per heavy atom. The molecule has 0 aliphatic rings. The van der Waals surface area contributed by atoms with E-state index < -0.39 is 0 Å². The summed E-state index contributed by atoms with van der Waals surface area (Å²) in [5.41, 5.74) is 2.01. The fraction of sp³-hybridized carbons (Fsp3) is 0.118. The van der Waals surface area contributed by atoms with Gasteiger partial charge in [-0.25, -0.2) is 0 Å². The van der Waals surface area contributed by atoms with Crippen molar-refractivity contribution in [2.24, 2.45) is 0 Å². The molecule has 0 saturated heterocycles. The summed E-state index contributed by atoms with van der Waals surface area (Å²) >= 11 is 3.37. The van der Waals surface area contributed by atoms with Crippen LogP contribution in [0.3, 0.4) is 0 Å². The molecule has 4 heteroatoms. The van der Waals surface area contributed by atoms with E-state index in [9.17, 15) is 4.79 Å². The number of rotatable bonds is 5. The maximum atomic E-state index is 11.7. The Balaban J connectivity index is 1.85. The minimum atomic E-state index is -0.117. The van der Waals surface area contributed by atoms with Gasteiger partial charge in [0.1, 0.15) is 5.75 Å². The second kappa shape index (κ2) is 7.64. The summed E-state index contributed by atoms with van der Waals surface area (Å²) < 4.78 is 6.11. The number of amides is 1. The minimum Gasteiger partial charge on any atom is -0.497 e. The topological polar surface area (TPSA) is 38.3 Å². The molecule has 0 atom stereocenters. The number of carbonyl (C=O) groups excluding carboxylic acids is 1. The highest BCUT2D eigenvalue weighted by Gasteiger charge is 1.98. The SMILES string of the molecule is COc1ccc(CNC(=O)/C=C/c2ccc(Br)cc2)cc1. The molecule has 0 spiro atoms. The highest BCUT2D eigenvalue weighted by Crippen LogP contribution is 2.12. The standard InChI is InChI=1S/C17H16BrNO2/c1-21-16-9-4-14(5-10-16)12-19-17(20)11-6-13-2-7-15(18)8-3-13/h2-11H,12H2,1H3,(H,19,20)/b11-6+. The van der Waals surface area contributed by atoms with Crippen LogP contribution in [0.2, 0.25) is 0 Å². The molecule has 1 N–H and O–H groups in total. The van der Waals surface area contributed by atoms with Gasteiger partial charge in [0.2, 0.25) is 5.91 Å². The van der Waals surface area contributed by atoms with Crippen molar-refractivity contribution < 1.29 is 9.53 Å². The molecule has 2 rings (SSSR count). The van der Waals surface area contributed by atoms with Crippen molar-refractivity contribution in [3.8, 4) is 5.75 Å². The van der Waals surface area contributed by atoms with Gasteiger partial charge in [-0.3, -0.25) is 4.79 Å². The van der Waals surface area contributed by atoms with Crippen molar-refractivity contribution >= 4 is 27.9 Å². The monoisotopic (exact) mass is 345 g/mol. The molecule has 0 bridgehead atoms. The van der Waals surface area contributed by atoms with Crippen LogP contribution in [0.15, 0.2) is 59.1 Å². The third kappa shape index (κ3) is 5.08. The molecule has 0 aliphatic carbocycles. The highest BCUT2D eigenvalue weighted by molar-refractivity contribution is 9.10. The van der Waals surface area contributed by atoms with Crippen LogP contribution in [-0.4, -0.2) is 13.0 Å². The fourth-order valence-electron chi connectivity index (χ4n) is 1.74. The third-order valence-electron chi connectivity index (χ3n) is 2.92. The van der Waals surface area contributed by atoms with E-state index in [0.29, 0.717) is 6.54 Å². The van der Waals surface area contributed by atoms with Crippen LogP contribution >= 0.6 is 15.9 Å². The van der Waals surface area contributed by atoms with Crippen LogP contribution < -0.4 is 10.1 Å². The summed E-state index contributed by atoms with van der Waals surface area (Å²) in [6, 6.07) is 15.4. The predicted octanol–water partition coefficient (Wildman–Crippen LogP) is 3.79. The molecule has 108 valence electrons. The summed E-state index contributed by atoms with van der Waals surface area (Å²) in [5, 5.41) is 2.84. The number of benzene rings is 2. The first-order valence-corrected chi connectivity index (χ1v) is 7.31. The lowest BCUT2D eigenvalue weighted by Crippen LogP contribution is -2.20. The number of halogens is 1. The van der Waals surface area contributed by atoms with Gasteiger partial charge < -0.3 is 10.1 Å². The quantitative estimate of drug-likeness (QED) is 0.837. The Bertz CT molecular complexity index is 618. The average molecular weight is 346 g/mol. The van der Waals surface area contributed by atoms with Gasteiger partial charge >= 0.3 is 0 Å². The lowest BCUT2D eigenvalue weighted by Gasteiger charge is -2.04. The van der Waals surface area contributed by atoms with Gasteiger partial charge in [-0.05, 0) is 41.5 Å². The maximum absolute atomic E-state index is 11.7. The van der Waals surface area contributed by atoms with E-state index in [2.05, 4.69) is 21.2 Å². The first-order chi connectivity index (χ1) is 10.2. The number of carbonyl (C=O) groups is 1. The van der Waals surface area contributed by atoms with Crippen molar-refractivity contribution in [1.29, 1.82) is 0 Å². The molecule has 2 aromatic carbocycles. The van der Waals surface area contributed by atoms with Crippen LogP contribution in [0, 0.1) is 0 Å². The van der Waals surface area contributed by atoms with E-state index >= 15 is 0 Å². The summed E-state index contributed by atoms with van der Waals surface area (Å²) in [7, 11) is 1.63. The van der Waals surface area contributed by atoms with Gasteiger partial charge in [0.15, 0.2) is 0 Å². The van der Waals surface area contributed by atoms with E-state index in [1.807, 2.05) is 48.5 Å². The molecule has 3 nitrogen and oxygen atoms in total. The van der Waals surface area contributed by atoms with Crippen LogP contribution in [0.5, 0.6) is 5.75 Å². The first-order valence-electron chi connectivity index (χ1n) is 6.52. The summed E-state index contributed by atoms with van der Waals surface area (Å²) in [6.45, 7) is 0.494. The zero-order chi connectivity index (χ0) is 15.1. The lowest BCUT2D eigenvalue weighted by molar-refractivity contribution is -0.116. The number of hydrogen-bond donors (Lipinski definition) is 1. The fourth-order valence-corrected chi connectivity index (χ4v) is 2.00. The molecular formula is C17H16BrNO2. The van der Waals surface area contributed by atoms with Gasteiger partial charge in [0.25, 0.3) is 0 Å². The molecule has 0 aliphatic heterocycles. The van der Waals surface area contributed by atoms with E-state index in [1.54, 1.807) is 13.2 Å². The largest absolute Gasteiger partial charge is 0.497 e. The van der Waals surface area contributed by atoms with Gasteiger partial charge in [-0.2, -0.15) is 0 Å². The van der Waals surface area contributed by atoms with Crippen molar-refractivity contribution in [3.63, 3.8) is 0 Å². The molecule has 0 heterocycles. The molecule has 0 radical (unpaired) electrons. The number of nitrogens with one attached hydrogen (secondary N) is 1. The van der Waals surface area contributed by atoms with Crippen LogP contribution in [0.1, 0.15) is 11.1 Å². The molecule has 0 unspecified atom stereocenters. The molecule has 0 saturated carbocycles. The van der Waals surface area contributed by atoms with Crippen molar-refractivity contribution in [2.45, 2.75) is 6.54 Å². The van der Waals surface area contributed by atoms with Crippen molar-refractivity contribution in [1.82, 2.24) is 5.32 Å². The molecular weight excluding hydrogens is 330 g/mol. The molecule has 0 aromatic heterocycles. The summed E-state index contributed by atoms with van der Waals surface area (Å²) in [4.78, 5) is 11.7. The predicted molar refractivity (Wildman–Crippen MR) is 88.0 cm³/mol. The summed E-state index contributed by atoms with van der Waals surface area (Å²) in [5.74, 6) is 0.689. The van der Waals surface area contributed by atoms with Gasteiger partial charge in [-0.15, -0.1) is 0 Å². The highest BCUT2D eigenvalue weighted by atomic mass is 79.9. The zero-order valence-corrected chi connectivity index (χ0v) is 13.3. The van der Waals surface area contributed by atoms with Gasteiger partial charge in [0.05, 0.1) is 7.11 Å². The Kier molecular flexibility index (Phi) is 5.58. The number of hydrogen-bond acceptors (Lipinski definition) is 2. The van der Waals surface area contributed by atoms with E-state index in [-0.39, 0.29) is 5.91 Å². The smallest absolute Gasteiger partial charge is 0.244 e. The Morgan fingerprint density at radius 1 is 1.14 bits per heavy atom. The van der Waals surface area contributed by atoms with Crippen LogP contribution in [0.4, 0.5) is 0 Å². The second-order valence-electron chi connectivity index (χ2n) is 4.45. The van der Waals surface area contributed by atoms with Gasteiger partial charge in [0, 0.05) is 17.1 Å². The van der Waals surface area contributed by atoms with Gasteiger partial charge in [-0.1, -0.05) is 40.2 Å². The van der Waals surface area contributed by atoms with E-state index in [1.165, 1.54) is 6.08 Å². The lowest BCUT2D eigenvalue weighted by atomic mass is 10.2. The average Bonchev–Trinajstić information content (AvgIpc) is 2.53. The Hall–Kier alpha value is -2.07. The van der Waals surface area contributed by atoms with Crippen molar-refractivity contribution in [2.75, 3.05) is 7.11 Å². The third-order valence-corrected chi connectivity index (χ3v) is 3.45. The van der Waals surface area contributed by atoms with Crippen molar-refractivity contribution in [3.05, 3.63) is 70.2 Å². The van der Waals surface area contributed by atoms with E-state index in [4.69, 9.17) is 4.74 Å². The Labute approximate surface area is 132 Å². The normalized spacial score (nSPS) is 10.6.